The van der Waals surface area contributed by atoms with Gasteiger partial charge in [-0.3, -0.25) is 4.79 Å². The second kappa shape index (κ2) is 9.25. The minimum Gasteiger partial charge on any atom is -0.351 e. The van der Waals surface area contributed by atoms with Crippen molar-refractivity contribution in [2.24, 2.45) is 0 Å². The predicted octanol–water partition coefficient (Wildman–Crippen LogP) is 5.40. The van der Waals surface area contributed by atoms with Crippen LogP contribution in [0.5, 0.6) is 0 Å². The highest BCUT2D eigenvalue weighted by Crippen LogP contribution is 2.36. The van der Waals surface area contributed by atoms with Gasteiger partial charge in [-0.15, -0.1) is 11.8 Å². The van der Waals surface area contributed by atoms with Crippen molar-refractivity contribution in [3.05, 3.63) is 59.1 Å². The number of nitrogens with zero attached hydrogens (tertiary/aromatic N) is 1. The van der Waals surface area contributed by atoms with Gasteiger partial charge in [-0.25, -0.2) is 8.78 Å². The van der Waals surface area contributed by atoms with Crippen LogP contribution in [-0.4, -0.2) is 48.2 Å². The summed E-state index contributed by atoms with van der Waals surface area (Å²) in [5.74, 6) is -1.72. The molecule has 0 spiro atoms. The van der Waals surface area contributed by atoms with Gasteiger partial charge in [0.1, 0.15) is 5.25 Å². The number of likely N-dealkylation sites (tertiary alicyclic amines) is 1. The van der Waals surface area contributed by atoms with Gasteiger partial charge in [0, 0.05) is 49.1 Å². The molecule has 1 amide bonds. The SMILES string of the molecule is O=C1N[C@H](CN2CCC(F)(F)CC2)CCS[C@@H]1c1cccc(-c2ccccc2Cl)c1. The zero-order valence-corrected chi connectivity index (χ0v) is 18.2. The molecule has 4 rings (SSSR count). The Kier molecular flexibility index (Phi) is 6.66. The summed E-state index contributed by atoms with van der Waals surface area (Å²) in [4.78, 5) is 15.0. The first-order valence-corrected chi connectivity index (χ1v) is 11.7. The highest BCUT2D eigenvalue weighted by molar-refractivity contribution is 8.00. The summed E-state index contributed by atoms with van der Waals surface area (Å²) in [5, 5.41) is 3.54. The largest absolute Gasteiger partial charge is 0.351 e. The fourth-order valence-corrected chi connectivity index (χ4v) is 5.54. The number of amides is 1. The molecular formula is C23H25ClF2N2OS. The Morgan fingerprint density at radius 2 is 1.90 bits per heavy atom. The lowest BCUT2D eigenvalue weighted by atomic mass is 10.0. The molecule has 2 aromatic carbocycles. The number of rotatable bonds is 4. The summed E-state index contributed by atoms with van der Waals surface area (Å²) >= 11 is 7.98. The van der Waals surface area contributed by atoms with Crippen LogP contribution in [0.4, 0.5) is 8.78 Å². The fraction of sp³-hybridized carbons (Fsp3) is 0.435. The summed E-state index contributed by atoms with van der Waals surface area (Å²) in [6.07, 6.45) is 0.643. The predicted molar refractivity (Wildman–Crippen MR) is 119 cm³/mol. The molecule has 2 aliphatic heterocycles. The lowest BCUT2D eigenvalue weighted by Crippen LogP contribution is -2.48. The van der Waals surface area contributed by atoms with Gasteiger partial charge < -0.3 is 10.2 Å². The topological polar surface area (TPSA) is 32.3 Å². The van der Waals surface area contributed by atoms with Gasteiger partial charge in [0.2, 0.25) is 5.91 Å². The molecule has 160 valence electrons. The third-order valence-electron chi connectivity index (χ3n) is 5.78. The van der Waals surface area contributed by atoms with Crippen molar-refractivity contribution in [1.82, 2.24) is 10.2 Å². The summed E-state index contributed by atoms with van der Waals surface area (Å²) in [7, 11) is 0. The van der Waals surface area contributed by atoms with Crippen LogP contribution in [0.1, 0.15) is 30.1 Å². The zero-order valence-electron chi connectivity index (χ0n) is 16.6. The number of benzene rings is 2. The Balaban J connectivity index is 1.43. The zero-order chi connectivity index (χ0) is 21.1. The van der Waals surface area contributed by atoms with Crippen LogP contribution in [-0.2, 0) is 4.79 Å². The van der Waals surface area contributed by atoms with E-state index in [2.05, 4.69) is 5.32 Å². The summed E-state index contributed by atoms with van der Waals surface area (Å²) in [6, 6.07) is 15.6. The third kappa shape index (κ3) is 5.16. The van der Waals surface area contributed by atoms with E-state index in [1.807, 2.05) is 53.4 Å². The molecule has 0 radical (unpaired) electrons. The lowest BCUT2D eigenvalue weighted by Gasteiger charge is -2.34. The summed E-state index contributed by atoms with van der Waals surface area (Å²) < 4.78 is 26.8. The quantitative estimate of drug-likeness (QED) is 0.676. The number of alkyl halides is 2. The molecule has 0 unspecified atom stereocenters. The molecule has 1 N–H and O–H groups in total. The Hall–Kier alpha value is -1.63. The van der Waals surface area contributed by atoms with Gasteiger partial charge in [-0.1, -0.05) is 48.0 Å². The number of nitrogens with one attached hydrogen (secondary N) is 1. The summed E-state index contributed by atoms with van der Waals surface area (Å²) in [6.45, 7) is 1.40. The second-order valence-corrected chi connectivity index (χ2v) is 9.63. The molecule has 2 aliphatic rings. The van der Waals surface area contributed by atoms with Crippen molar-refractivity contribution in [1.29, 1.82) is 0 Å². The summed E-state index contributed by atoms with van der Waals surface area (Å²) in [5.41, 5.74) is 2.88. The number of carbonyl (C=O) groups excluding carboxylic acids is 1. The van der Waals surface area contributed by atoms with Gasteiger partial charge in [-0.2, -0.15) is 0 Å². The van der Waals surface area contributed by atoms with E-state index in [1.165, 1.54) is 0 Å². The molecule has 0 bridgehead atoms. The first-order valence-electron chi connectivity index (χ1n) is 10.3. The molecule has 2 heterocycles. The Morgan fingerprint density at radius 1 is 1.13 bits per heavy atom. The minimum atomic E-state index is -2.54. The van der Waals surface area contributed by atoms with Crippen molar-refractivity contribution < 1.29 is 13.6 Å². The van der Waals surface area contributed by atoms with E-state index >= 15 is 0 Å². The smallest absolute Gasteiger partial charge is 0.250 e. The van der Waals surface area contributed by atoms with Crippen LogP contribution in [0, 0.1) is 0 Å². The lowest BCUT2D eigenvalue weighted by molar-refractivity contribution is -0.121. The van der Waals surface area contributed by atoms with E-state index < -0.39 is 5.92 Å². The van der Waals surface area contributed by atoms with Crippen molar-refractivity contribution in [3.63, 3.8) is 0 Å². The van der Waals surface area contributed by atoms with E-state index in [0.717, 1.165) is 28.9 Å². The molecule has 2 aromatic rings. The van der Waals surface area contributed by atoms with Crippen LogP contribution < -0.4 is 5.32 Å². The maximum Gasteiger partial charge on any atom is 0.250 e. The minimum absolute atomic E-state index is 0.00604. The highest BCUT2D eigenvalue weighted by atomic mass is 35.5. The number of piperidine rings is 1. The average molecular weight is 451 g/mol. The first-order chi connectivity index (χ1) is 14.4. The van der Waals surface area contributed by atoms with Gasteiger partial charge in [0.25, 0.3) is 5.92 Å². The number of halogens is 3. The van der Waals surface area contributed by atoms with Crippen molar-refractivity contribution >= 4 is 29.3 Å². The van der Waals surface area contributed by atoms with Gasteiger partial charge in [0.05, 0.1) is 0 Å². The standard InChI is InChI=1S/C23H25ClF2N2OS/c24-20-7-2-1-6-19(20)16-4-3-5-17(14-16)21-22(29)27-18(8-13-30-21)15-28-11-9-23(25,26)10-12-28/h1-7,14,18,21H,8-13,15H2,(H,27,29)/t18-,21+/m0/s1. The Morgan fingerprint density at radius 3 is 2.67 bits per heavy atom. The first kappa shape index (κ1) is 21.6. The fourth-order valence-electron chi connectivity index (χ4n) is 4.08. The molecule has 7 heteroatoms. The van der Waals surface area contributed by atoms with Crippen LogP contribution in [0.2, 0.25) is 5.02 Å². The maximum absolute atomic E-state index is 13.4. The van der Waals surface area contributed by atoms with Crippen LogP contribution in [0.25, 0.3) is 11.1 Å². The maximum atomic E-state index is 13.4. The molecule has 3 nitrogen and oxygen atoms in total. The van der Waals surface area contributed by atoms with Crippen LogP contribution in [0.3, 0.4) is 0 Å². The number of hydrogen-bond donors (Lipinski definition) is 1. The van der Waals surface area contributed by atoms with E-state index in [-0.39, 0.29) is 30.0 Å². The Labute approximate surface area is 185 Å². The van der Waals surface area contributed by atoms with E-state index in [0.29, 0.717) is 24.7 Å². The second-order valence-electron chi connectivity index (χ2n) is 8.01. The molecule has 0 saturated carbocycles. The monoisotopic (exact) mass is 450 g/mol. The number of hydrogen-bond acceptors (Lipinski definition) is 3. The van der Waals surface area contributed by atoms with Crippen molar-refractivity contribution in [2.45, 2.75) is 36.5 Å². The normalized spacial score (nSPS) is 24.8. The van der Waals surface area contributed by atoms with Gasteiger partial charge >= 0.3 is 0 Å². The van der Waals surface area contributed by atoms with Crippen molar-refractivity contribution in [3.8, 4) is 11.1 Å². The number of thioether (sulfide) groups is 1. The molecule has 0 aliphatic carbocycles. The molecule has 2 fully saturated rings. The van der Waals surface area contributed by atoms with E-state index in [9.17, 15) is 13.6 Å². The van der Waals surface area contributed by atoms with Crippen LogP contribution >= 0.6 is 23.4 Å². The van der Waals surface area contributed by atoms with E-state index in [1.54, 1.807) is 11.8 Å². The molecule has 30 heavy (non-hydrogen) atoms. The molecule has 0 aromatic heterocycles. The molecular weight excluding hydrogens is 426 g/mol. The third-order valence-corrected chi connectivity index (χ3v) is 7.40. The highest BCUT2D eigenvalue weighted by Gasteiger charge is 2.35. The van der Waals surface area contributed by atoms with Crippen molar-refractivity contribution in [2.75, 3.05) is 25.4 Å². The number of carbonyl (C=O) groups is 1. The average Bonchev–Trinajstić information content (AvgIpc) is 2.91. The molecule has 2 atom stereocenters. The van der Waals surface area contributed by atoms with E-state index in [4.69, 9.17) is 11.6 Å². The molecule has 2 saturated heterocycles. The Bertz CT molecular complexity index is 900. The van der Waals surface area contributed by atoms with Gasteiger partial charge in [0.15, 0.2) is 0 Å². The van der Waals surface area contributed by atoms with Crippen LogP contribution in [0.15, 0.2) is 48.5 Å². The van der Waals surface area contributed by atoms with Gasteiger partial charge in [-0.05, 0) is 35.4 Å².